The van der Waals surface area contributed by atoms with Gasteiger partial charge in [0.25, 0.3) is 0 Å². The number of hydrogen-bond donors (Lipinski definition) is 1. The van der Waals surface area contributed by atoms with Crippen LogP contribution in [-0.2, 0) is 20.7 Å². The van der Waals surface area contributed by atoms with Crippen LogP contribution in [0, 0.1) is 0 Å². The van der Waals surface area contributed by atoms with Gasteiger partial charge in [0.05, 0.1) is 17.8 Å². The molecule has 1 aromatic rings. The summed E-state index contributed by atoms with van der Waals surface area (Å²) in [6, 6.07) is 5.84. The van der Waals surface area contributed by atoms with Crippen molar-refractivity contribution in [1.82, 2.24) is 4.90 Å². The normalized spacial score (nSPS) is 30.2. The highest BCUT2D eigenvalue weighted by atomic mass is 16.7. The monoisotopic (exact) mass is 403 g/mol. The number of ether oxygens (including phenoxy) is 2. The number of fused-ring (bicyclic) bond motifs is 1. The van der Waals surface area contributed by atoms with Crippen LogP contribution >= 0.6 is 0 Å². The standard InChI is InChI=1S/C21H30BNO6/c1-6-16-12-21(9-10-23(16)18(24)25)26-13-14-11-15(7-8-17(14)27-21)22-28-19(2,3)20(4,5)29-22/h7-8,11,16H,6,9-10,12-13H2,1-5H3,(H,24,25). The summed E-state index contributed by atoms with van der Waals surface area (Å²) in [5.41, 5.74) is 1.12. The Bertz CT molecular complexity index is 796. The van der Waals surface area contributed by atoms with E-state index in [1.165, 1.54) is 4.90 Å². The first-order chi connectivity index (χ1) is 13.6. The lowest BCUT2D eigenvalue weighted by atomic mass is 9.78. The van der Waals surface area contributed by atoms with Gasteiger partial charge in [0.15, 0.2) is 0 Å². The molecule has 1 N–H and O–H groups in total. The molecule has 2 unspecified atom stereocenters. The summed E-state index contributed by atoms with van der Waals surface area (Å²) in [5, 5.41) is 9.41. The summed E-state index contributed by atoms with van der Waals surface area (Å²) >= 11 is 0. The lowest BCUT2D eigenvalue weighted by molar-refractivity contribution is -0.234. The predicted octanol–water partition coefficient (Wildman–Crippen LogP) is 3.14. The number of amides is 1. The van der Waals surface area contributed by atoms with Gasteiger partial charge in [-0.05, 0) is 45.6 Å². The van der Waals surface area contributed by atoms with E-state index in [-0.39, 0.29) is 6.04 Å². The van der Waals surface area contributed by atoms with Crippen molar-refractivity contribution in [2.75, 3.05) is 6.54 Å². The Labute approximate surface area is 172 Å². The third-order valence-electron chi connectivity index (χ3n) is 6.83. The van der Waals surface area contributed by atoms with Crippen molar-refractivity contribution < 1.29 is 28.7 Å². The van der Waals surface area contributed by atoms with Gasteiger partial charge in [0, 0.05) is 31.0 Å². The van der Waals surface area contributed by atoms with E-state index < -0.39 is 30.2 Å². The fraction of sp³-hybridized carbons (Fsp3) is 0.667. The zero-order chi connectivity index (χ0) is 21.0. The molecule has 3 heterocycles. The average molecular weight is 403 g/mol. The minimum atomic E-state index is -0.880. The molecule has 1 spiro atoms. The molecule has 0 aromatic heterocycles. The van der Waals surface area contributed by atoms with E-state index in [0.29, 0.717) is 26.0 Å². The maximum absolute atomic E-state index is 11.5. The Hall–Kier alpha value is -1.77. The van der Waals surface area contributed by atoms with Crippen molar-refractivity contribution in [1.29, 1.82) is 0 Å². The molecule has 2 atom stereocenters. The Kier molecular flexibility index (Phi) is 4.87. The molecule has 0 bridgehead atoms. The smallest absolute Gasteiger partial charge is 0.465 e. The van der Waals surface area contributed by atoms with E-state index in [2.05, 4.69) is 0 Å². The third-order valence-corrected chi connectivity index (χ3v) is 6.83. The summed E-state index contributed by atoms with van der Waals surface area (Å²) < 4.78 is 24.8. The molecule has 2 fully saturated rings. The summed E-state index contributed by atoms with van der Waals surface area (Å²) in [4.78, 5) is 13.0. The SMILES string of the molecule is CCC1CC2(CCN1C(=O)O)OCc1cc(B3OC(C)(C)C(C)(C)O3)ccc1O2. The fourth-order valence-corrected chi connectivity index (χ4v) is 4.26. The Balaban J connectivity index is 1.51. The molecule has 2 saturated heterocycles. The zero-order valence-corrected chi connectivity index (χ0v) is 17.9. The molecule has 0 radical (unpaired) electrons. The highest BCUT2D eigenvalue weighted by Crippen LogP contribution is 2.41. The summed E-state index contributed by atoms with van der Waals surface area (Å²) in [5.74, 6) is 0.0287. The number of piperidine rings is 1. The number of nitrogens with zero attached hydrogens (tertiary/aromatic N) is 1. The third kappa shape index (κ3) is 3.51. The van der Waals surface area contributed by atoms with Gasteiger partial charge < -0.3 is 28.8 Å². The second-order valence-electron chi connectivity index (χ2n) is 9.25. The lowest BCUT2D eigenvalue weighted by Gasteiger charge is -2.46. The number of carbonyl (C=O) groups is 1. The van der Waals surface area contributed by atoms with E-state index in [0.717, 1.165) is 23.2 Å². The predicted molar refractivity (Wildman–Crippen MR) is 108 cm³/mol. The van der Waals surface area contributed by atoms with E-state index in [1.807, 2.05) is 52.8 Å². The van der Waals surface area contributed by atoms with Crippen LogP contribution in [0.5, 0.6) is 5.75 Å². The number of hydrogen-bond acceptors (Lipinski definition) is 5. The first kappa shape index (κ1) is 20.5. The van der Waals surface area contributed by atoms with Crippen LogP contribution in [0.4, 0.5) is 4.79 Å². The molecule has 4 rings (SSSR count). The van der Waals surface area contributed by atoms with Gasteiger partial charge in [0.2, 0.25) is 5.79 Å². The Morgan fingerprint density at radius 2 is 1.93 bits per heavy atom. The van der Waals surface area contributed by atoms with Gasteiger partial charge in [-0.1, -0.05) is 19.1 Å². The molecule has 29 heavy (non-hydrogen) atoms. The molecule has 7 nitrogen and oxygen atoms in total. The number of likely N-dealkylation sites (tertiary alicyclic amines) is 1. The van der Waals surface area contributed by atoms with Crippen LogP contribution < -0.4 is 10.2 Å². The van der Waals surface area contributed by atoms with Gasteiger partial charge >= 0.3 is 13.2 Å². The zero-order valence-electron chi connectivity index (χ0n) is 17.9. The van der Waals surface area contributed by atoms with Crippen molar-refractivity contribution in [3.05, 3.63) is 23.8 Å². The van der Waals surface area contributed by atoms with Crippen molar-refractivity contribution in [2.45, 2.75) is 83.5 Å². The van der Waals surface area contributed by atoms with Gasteiger partial charge in [-0.15, -0.1) is 0 Å². The van der Waals surface area contributed by atoms with Crippen LogP contribution in [0.3, 0.4) is 0 Å². The van der Waals surface area contributed by atoms with E-state index in [9.17, 15) is 9.90 Å². The highest BCUT2D eigenvalue weighted by molar-refractivity contribution is 6.62. The minimum Gasteiger partial charge on any atom is -0.465 e. The molecular weight excluding hydrogens is 373 g/mol. The molecule has 0 saturated carbocycles. The lowest BCUT2D eigenvalue weighted by Crippen LogP contribution is -2.56. The first-order valence-electron chi connectivity index (χ1n) is 10.4. The second kappa shape index (κ2) is 6.89. The van der Waals surface area contributed by atoms with Gasteiger partial charge in [-0.25, -0.2) is 4.79 Å². The molecule has 0 aliphatic carbocycles. The van der Waals surface area contributed by atoms with Gasteiger partial charge in [-0.3, -0.25) is 0 Å². The molecule has 8 heteroatoms. The number of benzene rings is 1. The maximum Gasteiger partial charge on any atom is 0.494 e. The van der Waals surface area contributed by atoms with Crippen molar-refractivity contribution in [2.24, 2.45) is 0 Å². The molecule has 3 aliphatic rings. The first-order valence-corrected chi connectivity index (χ1v) is 10.4. The average Bonchev–Trinajstić information content (AvgIpc) is 2.88. The Morgan fingerprint density at radius 1 is 1.24 bits per heavy atom. The van der Waals surface area contributed by atoms with Crippen LogP contribution in [0.1, 0.15) is 59.4 Å². The maximum atomic E-state index is 11.5. The molecule has 3 aliphatic heterocycles. The number of rotatable bonds is 2. The largest absolute Gasteiger partial charge is 0.494 e. The van der Waals surface area contributed by atoms with Gasteiger partial charge in [0.1, 0.15) is 5.75 Å². The molecular formula is C21H30BNO6. The van der Waals surface area contributed by atoms with E-state index in [4.69, 9.17) is 18.8 Å². The van der Waals surface area contributed by atoms with Crippen LogP contribution in [0.15, 0.2) is 18.2 Å². The van der Waals surface area contributed by atoms with Crippen molar-refractivity contribution in [3.8, 4) is 5.75 Å². The summed E-state index contributed by atoms with van der Waals surface area (Å²) in [6.07, 6.45) is 0.909. The van der Waals surface area contributed by atoms with Crippen molar-refractivity contribution in [3.63, 3.8) is 0 Å². The van der Waals surface area contributed by atoms with Crippen LogP contribution in [0.25, 0.3) is 0 Å². The van der Waals surface area contributed by atoms with Gasteiger partial charge in [-0.2, -0.15) is 0 Å². The summed E-state index contributed by atoms with van der Waals surface area (Å²) in [7, 11) is -0.426. The molecule has 158 valence electrons. The molecule has 1 aromatic carbocycles. The van der Waals surface area contributed by atoms with Crippen molar-refractivity contribution >= 4 is 18.7 Å². The van der Waals surface area contributed by atoms with Crippen LogP contribution in [0.2, 0.25) is 0 Å². The van der Waals surface area contributed by atoms with Crippen LogP contribution in [-0.4, -0.2) is 52.8 Å². The van der Waals surface area contributed by atoms with E-state index >= 15 is 0 Å². The molecule has 1 amide bonds. The Morgan fingerprint density at radius 3 is 2.55 bits per heavy atom. The summed E-state index contributed by atoms with van der Waals surface area (Å²) in [6.45, 7) is 11.0. The quantitative estimate of drug-likeness (QED) is 0.765. The minimum absolute atomic E-state index is 0.105. The fourth-order valence-electron chi connectivity index (χ4n) is 4.26. The van der Waals surface area contributed by atoms with E-state index in [1.54, 1.807) is 0 Å². The highest BCUT2D eigenvalue weighted by Gasteiger charge is 2.52. The topological polar surface area (TPSA) is 77.5 Å². The second-order valence-corrected chi connectivity index (χ2v) is 9.25. The number of carboxylic acid groups (broad SMARTS) is 1.